The average molecular weight is 383 g/mol. The molecule has 26 heavy (non-hydrogen) atoms. The van der Waals surface area contributed by atoms with Gasteiger partial charge in [-0.15, -0.1) is 0 Å². The summed E-state index contributed by atoms with van der Waals surface area (Å²) in [6.45, 7) is 0.287. The van der Waals surface area contributed by atoms with Gasteiger partial charge in [0, 0.05) is 36.1 Å². The van der Waals surface area contributed by atoms with E-state index in [1.807, 2.05) is 0 Å². The molecule has 0 bridgehead atoms. The van der Waals surface area contributed by atoms with Gasteiger partial charge >= 0.3 is 12.2 Å². The minimum absolute atomic E-state index is 0.287. The maximum absolute atomic E-state index is 12.7. The Kier molecular flexibility index (Phi) is 5.03. The molecule has 1 aromatic carbocycles. The summed E-state index contributed by atoms with van der Waals surface area (Å²) < 4.78 is 39.5. The lowest BCUT2D eigenvalue weighted by atomic mass is 10.3. The molecular formula is C17H14ClF3N4O. The number of nitrogens with one attached hydrogen (secondary N) is 2. The van der Waals surface area contributed by atoms with Gasteiger partial charge in [-0.3, -0.25) is 0 Å². The molecule has 0 aliphatic rings. The number of imidazole rings is 1. The van der Waals surface area contributed by atoms with Crippen molar-refractivity contribution in [3.63, 3.8) is 0 Å². The number of carbonyl (C=O) groups excluding carboxylic acids is 1. The van der Waals surface area contributed by atoms with E-state index in [1.54, 1.807) is 24.3 Å². The van der Waals surface area contributed by atoms with Crippen molar-refractivity contribution in [1.82, 2.24) is 14.7 Å². The first-order valence-corrected chi connectivity index (χ1v) is 8.04. The fourth-order valence-corrected chi connectivity index (χ4v) is 2.47. The number of carbonyl (C=O) groups is 1. The molecule has 0 spiro atoms. The summed E-state index contributed by atoms with van der Waals surface area (Å²) in [6, 6.07) is 8.56. The Bertz CT molecular complexity index is 922. The Morgan fingerprint density at radius 2 is 1.85 bits per heavy atom. The van der Waals surface area contributed by atoms with Crippen LogP contribution in [0.5, 0.6) is 0 Å². The smallest absolute Gasteiger partial charge is 0.337 e. The van der Waals surface area contributed by atoms with Crippen molar-refractivity contribution in [2.24, 2.45) is 0 Å². The zero-order valence-corrected chi connectivity index (χ0v) is 14.1. The maximum Gasteiger partial charge on any atom is 0.417 e. The fourth-order valence-electron chi connectivity index (χ4n) is 2.35. The van der Waals surface area contributed by atoms with E-state index in [0.29, 0.717) is 28.5 Å². The number of amides is 2. The summed E-state index contributed by atoms with van der Waals surface area (Å²) in [7, 11) is 0. The third-order valence-corrected chi connectivity index (χ3v) is 3.85. The minimum atomic E-state index is -4.40. The Morgan fingerprint density at radius 3 is 2.54 bits per heavy atom. The molecule has 0 aliphatic heterocycles. The van der Waals surface area contributed by atoms with Gasteiger partial charge in [-0.05, 0) is 36.4 Å². The number of nitrogens with zero attached hydrogens (tertiary/aromatic N) is 2. The van der Waals surface area contributed by atoms with Gasteiger partial charge in [0.2, 0.25) is 0 Å². The molecule has 2 heterocycles. The number of halogens is 4. The number of hydrogen-bond donors (Lipinski definition) is 2. The highest BCUT2D eigenvalue weighted by atomic mass is 35.5. The van der Waals surface area contributed by atoms with Crippen LogP contribution in [0.15, 0.2) is 48.8 Å². The number of alkyl halides is 3. The minimum Gasteiger partial charge on any atom is -0.337 e. The van der Waals surface area contributed by atoms with E-state index < -0.39 is 17.8 Å². The van der Waals surface area contributed by atoms with Crippen molar-refractivity contribution in [3.8, 4) is 0 Å². The summed E-state index contributed by atoms with van der Waals surface area (Å²) in [5.41, 5.74) is 0.850. The molecule has 3 aromatic rings. The van der Waals surface area contributed by atoms with Gasteiger partial charge < -0.3 is 15.0 Å². The largest absolute Gasteiger partial charge is 0.417 e. The zero-order chi connectivity index (χ0) is 18.7. The standard InChI is InChI=1S/C17H14ClF3N4O/c18-12-2-4-13(5-3-12)24-16(26)22-8-7-14-10-25-9-11(17(19,20)21)1-6-15(25)23-14/h1-6,9-10H,7-8H2,(H2,22,24,26). The van der Waals surface area contributed by atoms with Crippen LogP contribution in [0.25, 0.3) is 5.65 Å². The van der Waals surface area contributed by atoms with Gasteiger partial charge in [-0.2, -0.15) is 13.2 Å². The van der Waals surface area contributed by atoms with Crippen molar-refractivity contribution in [2.45, 2.75) is 12.6 Å². The quantitative estimate of drug-likeness (QED) is 0.704. The molecule has 3 rings (SSSR count). The average Bonchev–Trinajstić information content (AvgIpc) is 2.98. The molecular weight excluding hydrogens is 369 g/mol. The summed E-state index contributed by atoms with van der Waals surface area (Å²) in [4.78, 5) is 16.0. The van der Waals surface area contributed by atoms with Crippen LogP contribution in [-0.2, 0) is 12.6 Å². The van der Waals surface area contributed by atoms with Crippen LogP contribution in [0.4, 0.5) is 23.7 Å². The second-order valence-corrected chi connectivity index (χ2v) is 5.99. The number of benzene rings is 1. The van der Waals surface area contributed by atoms with E-state index in [2.05, 4.69) is 15.6 Å². The summed E-state index contributed by atoms with van der Waals surface area (Å²) in [6.07, 6.45) is -1.51. The van der Waals surface area contributed by atoms with Gasteiger partial charge in [0.15, 0.2) is 0 Å². The van der Waals surface area contributed by atoms with Crippen LogP contribution in [0, 0.1) is 0 Å². The number of hydrogen-bond acceptors (Lipinski definition) is 2. The molecule has 0 fully saturated rings. The topological polar surface area (TPSA) is 58.4 Å². The number of rotatable bonds is 4. The number of fused-ring (bicyclic) bond motifs is 1. The predicted molar refractivity (Wildman–Crippen MR) is 92.4 cm³/mol. The van der Waals surface area contributed by atoms with Crippen LogP contribution >= 0.6 is 11.6 Å². The lowest BCUT2D eigenvalue weighted by molar-refractivity contribution is -0.137. The predicted octanol–water partition coefficient (Wildman–Crippen LogP) is 4.37. The SMILES string of the molecule is O=C(NCCc1cn2cc(C(F)(F)F)ccc2n1)Nc1ccc(Cl)cc1. The first-order chi connectivity index (χ1) is 12.3. The van der Waals surface area contributed by atoms with Crippen molar-refractivity contribution < 1.29 is 18.0 Å². The number of anilines is 1. The van der Waals surface area contributed by atoms with E-state index in [0.717, 1.165) is 12.3 Å². The molecule has 0 saturated heterocycles. The second-order valence-electron chi connectivity index (χ2n) is 5.55. The van der Waals surface area contributed by atoms with Gasteiger partial charge in [-0.25, -0.2) is 9.78 Å². The highest BCUT2D eigenvalue weighted by Crippen LogP contribution is 2.29. The molecule has 136 valence electrons. The van der Waals surface area contributed by atoms with Gasteiger partial charge in [0.05, 0.1) is 11.3 Å². The summed E-state index contributed by atoms with van der Waals surface area (Å²) >= 11 is 5.77. The van der Waals surface area contributed by atoms with Gasteiger partial charge in [0.25, 0.3) is 0 Å². The molecule has 0 atom stereocenters. The van der Waals surface area contributed by atoms with E-state index in [1.165, 1.54) is 16.7 Å². The van der Waals surface area contributed by atoms with Crippen LogP contribution in [0.1, 0.15) is 11.3 Å². The van der Waals surface area contributed by atoms with Gasteiger partial charge in [-0.1, -0.05) is 11.6 Å². The van der Waals surface area contributed by atoms with E-state index in [-0.39, 0.29) is 6.54 Å². The van der Waals surface area contributed by atoms with Crippen LogP contribution < -0.4 is 10.6 Å². The summed E-state index contributed by atoms with van der Waals surface area (Å²) in [5, 5.41) is 5.87. The molecule has 2 N–H and O–H groups in total. The first-order valence-electron chi connectivity index (χ1n) is 7.66. The Hall–Kier alpha value is -2.74. The first kappa shape index (κ1) is 18.1. The Morgan fingerprint density at radius 1 is 1.12 bits per heavy atom. The van der Waals surface area contributed by atoms with Crippen molar-refractivity contribution in [1.29, 1.82) is 0 Å². The van der Waals surface area contributed by atoms with E-state index in [9.17, 15) is 18.0 Å². The number of urea groups is 1. The molecule has 0 aliphatic carbocycles. The molecule has 0 saturated carbocycles. The molecule has 0 unspecified atom stereocenters. The number of pyridine rings is 1. The lowest BCUT2D eigenvalue weighted by Crippen LogP contribution is -2.30. The fraction of sp³-hybridized carbons (Fsp3) is 0.176. The third kappa shape index (κ3) is 4.45. The molecule has 9 heteroatoms. The highest BCUT2D eigenvalue weighted by Gasteiger charge is 2.30. The van der Waals surface area contributed by atoms with Crippen LogP contribution in [0.3, 0.4) is 0 Å². The number of aromatic nitrogens is 2. The summed E-state index contributed by atoms with van der Waals surface area (Å²) in [5.74, 6) is 0. The lowest BCUT2D eigenvalue weighted by Gasteiger charge is -2.06. The van der Waals surface area contributed by atoms with E-state index in [4.69, 9.17) is 11.6 Å². The Balaban J connectivity index is 1.56. The van der Waals surface area contributed by atoms with Crippen molar-refractivity contribution >= 4 is 29.0 Å². The zero-order valence-electron chi connectivity index (χ0n) is 13.3. The van der Waals surface area contributed by atoms with Gasteiger partial charge in [0.1, 0.15) is 5.65 Å². The van der Waals surface area contributed by atoms with E-state index >= 15 is 0 Å². The molecule has 0 radical (unpaired) electrons. The maximum atomic E-state index is 12.7. The Labute approximate surface area is 151 Å². The van der Waals surface area contributed by atoms with Crippen LogP contribution in [0.2, 0.25) is 5.02 Å². The van der Waals surface area contributed by atoms with Crippen molar-refractivity contribution in [3.05, 3.63) is 65.1 Å². The van der Waals surface area contributed by atoms with Crippen LogP contribution in [-0.4, -0.2) is 22.0 Å². The monoisotopic (exact) mass is 382 g/mol. The third-order valence-electron chi connectivity index (χ3n) is 3.60. The highest BCUT2D eigenvalue weighted by molar-refractivity contribution is 6.30. The second kappa shape index (κ2) is 7.25. The van der Waals surface area contributed by atoms with Crippen molar-refractivity contribution in [2.75, 3.05) is 11.9 Å². The normalized spacial score (nSPS) is 11.5. The molecule has 2 aromatic heterocycles. The molecule has 2 amide bonds. The molecule has 5 nitrogen and oxygen atoms in total.